The summed E-state index contributed by atoms with van der Waals surface area (Å²) in [4.78, 5) is 37.9. The highest BCUT2D eigenvalue weighted by atomic mass is 16.5. The Labute approximate surface area is 155 Å². The molecule has 2 N–H and O–H groups in total. The molecule has 0 amide bonds. The van der Waals surface area contributed by atoms with Crippen molar-refractivity contribution in [2.24, 2.45) is 14.1 Å². The number of rotatable bonds is 3. The van der Waals surface area contributed by atoms with Crippen LogP contribution in [0.3, 0.4) is 0 Å². The van der Waals surface area contributed by atoms with Crippen molar-refractivity contribution in [3.8, 4) is 5.75 Å². The summed E-state index contributed by atoms with van der Waals surface area (Å²) in [6.07, 6.45) is 0. The Bertz CT molecular complexity index is 1060. The fourth-order valence-electron chi connectivity index (χ4n) is 3.37. The normalized spacial score (nSPS) is 15.9. The number of esters is 1. The van der Waals surface area contributed by atoms with Crippen LogP contribution in [0.15, 0.2) is 45.1 Å². The number of nitrogens with zero attached hydrogens (tertiary/aromatic N) is 2. The predicted octanol–water partition coefficient (Wildman–Crippen LogP) is 1.18. The number of phenolic OH excluding ortho intramolecular Hbond substituents is 1. The molecule has 1 aromatic heterocycles. The summed E-state index contributed by atoms with van der Waals surface area (Å²) >= 11 is 0. The monoisotopic (exact) mass is 371 g/mol. The van der Waals surface area contributed by atoms with Gasteiger partial charge >= 0.3 is 11.7 Å². The van der Waals surface area contributed by atoms with Gasteiger partial charge in [-0.2, -0.15) is 0 Å². The van der Waals surface area contributed by atoms with Gasteiger partial charge in [0.05, 0.1) is 23.7 Å². The summed E-state index contributed by atoms with van der Waals surface area (Å²) in [6, 6.07) is 6.27. The highest BCUT2D eigenvalue weighted by molar-refractivity contribution is 5.94. The second-order valence-corrected chi connectivity index (χ2v) is 6.38. The number of hydrogen-bond acceptors (Lipinski definition) is 6. The Balaban J connectivity index is 2.37. The Morgan fingerprint density at radius 1 is 1.19 bits per heavy atom. The number of benzene rings is 1. The molecule has 1 aliphatic heterocycles. The standard InChI is InChI=1S/C19H21N3O5/c1-5-27-18(25)13-10(2)20-16-15(17(24)22(4)19(26)21(16)3)14(13)11-6-8-12(23)9-7-11/h6-9,14,20,23H,5H2,1-4H3/t14-/m1/s1. The van der Waals surface area contributed by atoms with Gasteiger partial charge in [-0.15, -0.1) is 0 Å². The predicted molar refractivity (Wildman–Crippen MR) is 99.8 cm³/mol. The van der Waals surface area contributed by atoms with Crippen LogP contribution in [-0.4, -0.2) is 26.8 Å². The van der Waals surface area contributed by atoms with E-state index >= 15 is 0 Å². The highest BCUT2D eigenvalue weighted by Crippen LogP contribution is 2.40. The topological polar surface area (TPSA) is 103 Å². The molecule has 0 aliphatic carbocycles. The van der Waals surface area contributed by atoms with E-state index in [2.05, 4.69) is 5.32 Å². The molecule has 142 valence electrons. The van der Waals surface area contributed by atoms with E-state index in [1.807, 2.05) is 0 Å². The van der Waals surface area contributed by atoms with E-state index in [9.17, 15) is 19.5 Å². The second-order valence-electron chi connectivity index (χ2n) is 6.38. The summed E-state index contributed by atoms with van der Waals surface area (Å²) in [5, 5.41) is 12.6. The largest absolute Gasteiger partial charge is 0.508 e. The zero-order chi connectivity index (χ0) is 19.9. The zero-order valence-electron chi connectivity index (χ0n) is 15.6. The van der Waals surface area contributed by atoms with Gasteiger partial charge in [-0.3, -0.25) is 13.9 Å². The maximum atomic E-state index is 13.0. The molecule has 0 fully saturated rings. The highest BCUT2D eigenvalue weighted by Gasteiger charge is 2.37. The molecule has 1 aromatic carbocycles. The molecule has 8 heteroatoms. The zero-order valence-corrected chi connectivity index (χ0v) is 15.6. The molecule has 1 aliphatic rings. The molecule has 0 saturated heterocycles. The van der Waals surface area contributed by atoms with Crippen molar-refractivity contribution in [2.45, 2.75) is 19.8 Å². The lowest BCUT2D eigenvalue weighted by atomic mass is 9.82. The number of aromatic nitrogens is 2. The summed E-state index contributed by atoms with van der Waals surface area (Å²) < 4.78 is 7.56. The van der Waals surface area contributed by atoms with Crippen molar-refractivity contribution in [2.75, 3.05) is 11.9 Å². The SMILES string of the molecule is CCOC(=O)C1=C(C)Nc2c(c(=O)n(C)c(=O)n2C)[C@@H]1c1ccc(O)cc1. The number of carbonyl (C=O) groups excluding carboxylic acids is 1. The smallest absolute Gasteiger partial charge is 0.336 e. The third-order valence-corrected chi connectivity index (χ3v) is 4.71. The van der Waals surface area contributed by atoms with Crippen molar-refractivity contribution in [1.29, 1.82) is 0 Å². The molecule has 8 nitrogen and oxygen atoms in total. The summed E-state index contributed by atoms with van der Waals surface area (Å²) in [5.74, 6) is -0.861. The van der Waals surface area contributed by atoms with E-state index in [0.717, 1.165) is 4.57 Å². The van der Waals surface area contributed by atoms with Crippen LogP contribution in [0.2, 0.25) is 0 Å². The van der Waals surface area contributed by atoms with Crippen molar-refractivity contribution in [3.63, 3.8) is 0 Å². The number of aromatic hydroxyl groups is 1. The first-order valence-electron chi connectivity index (χ1n) is 8.51. The minimum Gasteiger partial charge on any atom is -0.508 e. The molecule has 27 heavy (non-hydrogen) atoms. The number of allylic oxidation sites excluding steroid dienone is 1. The lowest BCUT2D eigenvalue weighted by molar-refractivity contribution is -0.138. The van der Waals surface area contributed by atoms with Gasteiger partial charge in [-0.05, 0) is 31.5 Å². The first-order valence-corrected chi connectivity index (χ1v) is 8.51. The molecule has 0 unspecified atom stereocenters. The van der Waals surface area contributed by atoms with Crippen LogP contribution < -0.4 is 16.6 Å². The van der Waals surface area contributed by atoms with Crippen LogP contribution in [0.1, 0.15) is 30.9 Å². The van der Waals surface area contributed by atoms with Gasteiger partial charge in [-0.1, -0.05) is 12.1 Å². The van der Waals surface area contributed by atoms with Gasteiger partial charge in [0.15, 0.2) is 0 Å². The van der Waals surface area contributed by atoms with E-state index < -0.39 is 23.1 Å². The number of anilines is 1. The third-order valence-electron chi connectivity index (χ3n) is 4.71. The summed E-state index contributed by atoms with van der Waals surface area (Å²) in [7, 11) is 2.96. The number of carbonyl (C=O) groups is 1. The first-order chi connectivity index (χ1) is 12.8. The molecule has 3 rings (SSSR count). The number of fused-ring (bicyclic) bond motifs is 1. The molecular weight excluding hydrogens is 350 g/mol. The van der Waals surface area contributed by atoms with Crippen molar-refractivity contribution < 1.29 is 14.6 Å². The maximum absolute atomic E-state index is 13.0. The van der Waals surface area contributed by atoms with Gasteiger partial charge in [0.1, 0.15) is 11.6 Å². The van der Waals surface area contributed by atoms with Gasteiger partial charge in [0, 0.05) is 19.8 Å². The molecular formula is C19H21N3O5. The number of phenols is 1. The van der Waals surface area contributed by atoms with E-state index in [1.54, 1.807) is 33.0 Å². The molecule has 2 aromatic rings. The fraction of sp³-hybridized carbons (Fsp3) is 0.316. The van der Waals surface area contributed by atoms with Crippen LogP contribution in [0, 0.1) is 0 Å². The first kappa shape index (κ1) is 18.5. The Hall–Kier alpha value is -3.29. The van der Waals surface area contributed by atoms with Crippen molar-refractivity contribution >= 4 is 11.8 Å². The Morgan fingerprint density at radius 2 is 1.81 bits per heavy atom. The lowest BCUT2D eigenvalue weighted by Crippen LogP contribution is -2.43. The average molecular weight is 371 g/mol. The maximum Gasteiger partial charge on any atom is 0.336 e. The van der Waals surface area contributed by atoms with E-state index in [4.69, 9.17) is 4.74 Å². The van der Waals surface area contributed by atoms with Gasteiger partial charge in [0.2, 0.25) is 0 Å². The van der Waals surface area contributed by atoms with Crippen LogP contribution >= 0.6 is 0 Å². The minimum atomic E-state index is -0.730. The van der Waals surface area contributed by atoms with Crippen LogP contribution in [0.25, 0.3) is 0 Å². The van der Waals surface area contributed by atoms with E-state index in [1.165, 1.54) is 23.7 Å². The van der Waals surface area contributed by atoms with Crippen LogP contribution in [-0.2, 0) is 23.6 Å². The van der Waals surface area contributed by atoms with Gasteiger partial charge in [-0.25, -0.2) is 9.59 Å². The van der Waals surface area contributed by atoms with Crippen LogP contribution in [0.5, 0.6) is 5.75 Å². The number of ether oxygens (including phenoxy) is 1. The number of nitrogens with one attached hydrogen (secondary N) is 1. The quantitative estimate of drug-likeness (QED) is 0.786. The Kier molecular flexibility index (Phi) is 4.65. The summed E-state index contributed by atoms with van der Waals surface area (Å²) in [5.41, 5.74) is 0.747. The molecule has 2 heterocycles. The van der Waals surface area contributed by atoms with Crippen molar-refractivity contribution in [1.82, 2.24) is 9.13 Å². The summed E-state index contributed by atoms with van der Waals surface area (Å²) in [6.45, 7) is 3.59. The molecule has 0 radical (unpaired) electrons. The van der Waals surface area contributed by atoms with E-state index in [-0.39, 0.29) is 17.9 Å². The third kappa shape index (κ3) is 2.92. The molecule has 0 spiro atoms. The molecule has 0 bridgehead atoms. The Morgan fingerprint density at radius 3 is 2.41 bits per heavy atom. The minimum absolute atomic E-state index is 0.0691. The number of hydrogen-bond donors (Lipinski definition) is 2. The van der Waals surface area contributed by atoms with E-state index in [0.29, 0.717) is 22.7 Å². The van der Waals surface area contributed by atoms with Gasteiger partial charge < -0.3 is 15.2 Å². The fourth-order valence-corrected chi connectivity index (χ4v) is 3.37. The van der Waals surface area contributed by atoms with Gasteiger partial charge in [0.25, 0.3) is 5.56 Å². The lowest BCUT2D eigenvalue weighted by Gasteiger charge is -2.30. The molecule has 0 saturated carbocycles. The second kappa shape index (κ2) is 6.79. The van der Waals surface area contributed by atoms with Crippen LogP contribution in [0.4, 0.5) is 5.82 Å². The molecule has 1 atom stereocenters. The van der Waals surface area contributed by atoms with Crippen molar-refractivity contribution in [3.05, 3.63) is 67.5 Å². The average Bonchev–Trinajstić information content (AvgIpc) is 2.64.